The number of hydrogen-bond acceptors (Lipinski definition) is 3. The number of hydrogen-bond donors (Lipinski definition) is 1. The van der Waals surface area contributed by atoms with Crippen LogP contribution in [0.15, 0.2) is 140 Å². The average molecular weight is 527 g/mol. The molecular formula is C36H30O4. The van der Waals surface area contributed by atoms with Crippen LogP contribution in [0.1, 0.15) is 33.5 Å². The van der Waals surface area contributed by atoms with Crippen LogP contribution in [-0.4, -0.2) is 16.9 Å². The molecule has 0 amide bonds. The fraction of sp³-hybridized carbons (Fsp3) is 0.111. The third-order valence-electron chi connectivity index (χ3n) is 7.37. The normalized spacial score (nSPS) is 15.7. The summed E-state index contributed by atoms with van der Waals surface area (Å²) in [5, 5.41) is 10.3. The van der Waals surface area contributed by atoms with E-state index in [2.05, 4.69) is 6.58 Å². The van der Waals surface area contributed by atoms with Gasteiger partial charge in [-0.15, -0.1) is 6.58 Å². The minimum atomic E-state index is -1.35. The third kappa shape index (κ3) is 5.29. The zero-order valence-corrected chi connectivity index (χ0v) is 22.1. The lowest BCUT2D eigenvalue weighted by atomic mass is 9.74. The van der Waals surface area contributed by atoms with Gasteiger partial charge in [-0.1, -0.05) is 121 Å². The molecule has 0 radical (unpaired) electrons. The summed E-state index contributed by atoms with van der Waals surface area (Å²) in [6.45, 7) is 4.19. The van der Waals surface area contributed by atoms with Crippen LogP contribution in [-0.2, 0) is 16.8 Å². The van der Waals surface area contributed by atoms with E-state index in [-0.39, 0.29) is 11.7 Å². The van der Waals surface area contributed by atoms with Crippen molar-refractivity contribution in [2.75, 3.05) is 0 Å². The number of rotatable bonds is 10. The number of ether oxygens (including phenoxy) is 1. The van der Waals surface area contributed by atoms with Crippen molar-refractivity contribution in [1.29, 1.82) is 0 Å². The van der Waals surface area contributed by atoms with Gasteiger partial charge in [0.15, 0.2) is 5.78 Å². The summed E-state index contributed by atoms with van der Waals surface area (Å²) in [7, 11) is 0. The predicted molar refractivity (Wildman–Crippen MR) is 158 cm³/mol. The first-order valence-corrected chi connectivity index (χ1v) is 13.2. The topological polar surface area (TPSA) is 63.6 Å². The van der Waals surface area contributed by atoms with Gasteiger partial charge in [0.05, 0.1) is 0 Å². The van der Waals surface area contributed by atoms with Gasteiger partial charge in [-0.3, -0.25) is 9.59 Å². The number of Topliss-reactive ketones (excluding diaryl/α,β-unsaturated/α-hetero) is 1. The Kier molecular flexibility index (Phi) is 7.88. The highest BCUT2D eigenvalue weighted by Gasteiger charge is 2.39. The number of benzene rings is 4. The molecule has 4 heteroatoms. The highest BCUT2D eigenvalue weighted by molar-refractivity contribution is 5.99. The van der Waals surface area contributed by atoms with Gasteiger partial charge >= 0.3 is 5.97 Å². The van der Waals surface area contributed by atoms with E-state index >= 15 is 0 Å². The van der Waals surface area contributed by atoms with E-state index in [1.807, 2.05) is 121 Å². The maximum absolute atomic E-state index is 12.9. The quantitative estimate of drug-likeness (QED) is 0.169. The molecule has 2 unspecified atom stereocenters. The standard InChI is InChI=1S/C36H30O4/c1-2-36(35(38)39,30-16-7-4-8-17-30)31-22-20-26(21-23-31)33-19-10-9-14-29(33)25-40-32-18-11-15-28(24-32)34(37)27-12-5-3-6-13-27/h2-12,14-24,27H,1,13,25H2,(H,38,39). The second-order valence-corrected chi connectivity index (χ2v) is 9.75. The molecule has 0 spiro atoms. The van der Waals surface area contributed by atoms with Crippen molar-refractivity contribution in [2.24, 2.45) is 5.92 Å². The molecule has 1 aliphatic rings. The van der Waals surface area contributed by atoms with Gasteiger partial charge in [0, 0.05) is 11.5 Å². The summed E-state index contributed by atoms with van der Waals surface area (Å²) < 4.78 is 6.14. The van der Waals surface area contributed by atoms with Crippen LogP contribution in [0.5, 0.6) is 5.75 Å². The van der Waals surface area contributed by atoms with Crippen LogP contribution in [0.4, 0.5) is 0 Å². The van der Waals surface area contributed by atoms with Crippen LogP contribution >= 0.6 is 0 Å². The Morgan fingerprint density at radius 1 is 0.875 bits per heavy atom. The fourth-order valence-electron chi connectivity index (χ4n) is 5.17. The number of aliphatic carboxylic acids is 1. The van der Waals surface area contributed by atoms with E-state index in [9.17, 15) is 14.7 Å². The Labute approximate surface area is 234 Å². The number of carbonyl (C=O) groups excluding carboxylic acids is 1. The Hall–Kier alpha value is -4.96. The van der Waals surface area contributed by atoms with E-state index in [0.717, 1.165) is 16.7 Å². The molecule has 198 valence electrons. The molecule has 0 aliphatic heterocycles. The molecule has 0 saturated carbocycles. The van der Waals surface area contributed by atoms with Crippen molar-refractivity contribution >= 4 is 11.8 Å². The Balaban J connectivity index is 1.37. The van der Waals surface area contributed by atoms with Gasteiger partial charge in [-0.2, -0.15) is 0 Å². The summed E-state index contributed by atoms with van der Waals surface area (Å²) in [5.41, 5.74) is 3.46. The number of carbonyl (C=O) groups is 2. The highest BCUT2D eigenvalue weighted by atomic mass is 16.5. The maximum Gasteiger partial charge on any atom is 0.322 e. The van der Waals surface area contributed by atoms with Crippen LogP contribution < -0.4 is 4.74 Å². The van der Waals surface area contributed by atoms with Gasteiger partial charge in [0.25, 0.3) is 0 Å². The Bertz CT molecular complexity index is 1580. The van der Waals surface area contributed by atoms with E-state index in [1.165, 1.54) is 6.08 Å². The molecular weight excluding hydrogens is 496 g/mol. The fourth-order valence-corrected chi connectivity index (χ4v) is 5.17. The minimum Gasteiger partial charge on any atom is -0.489 e. The highest BCUT2D eigenvalue weighted by Crippen LogP contribution is 2.36. The van der Waals surface area contributed by atoms with Gasteiger partial charge in [0.2, 0.25) is 0 Å². The summed E-state index contributed by atoms with van der Waals surface area (Å²) in [4.78, 5) is 25.5. The van der Waals surface area contributed by atoms with Gasteiger partial charge in [0.1, 0.15) is 17.8 Å². The van der Waals surface area contributed by atoms with Crippen molar-refractivity contribution < 1.29 is 19.4 Å². The van der Waals surface area contributed by atoms with Crippen molar-refractivity contribution in [2.45, 2.75) is 18.4 Å². The largest absolute Gasteiger partial charge is 0.489 e. The SMILES string of the molecule is C=CC(C(=O)O)(c1ccccc1)c1ccc(-c2ccccc2COc2cccc(C(=O)C3C=CC=CC3)c2)cc1. The predicted octanol–water partition coefficient (Wildman–Crippen LogP) is 7.80. The zero-order valence-electron chi connectivity index (χ0n) is 22.1. The van der Waals surface area contributed by atoms with Crippen LogP contribution in [0.25, 0.3) is 11.1 Å². The molecule has 0 bridgehead atoms. The summed E-state index contributed by atoms with van der Waals surface area (Å²) >= 11 is 0. The first-order valence-electron chi connectivity index (χ1n) is 13.2. The second-order valence-electron chi connectivity index (χ2n) is 9.75. The first kappa shape index (κ1) is 26.6. The number of carboxylic acid groups (broad SMARTS) is 1. The lowest BCUT2D eigenvalue weighted by Gasteiger charge is -2.27. The smallest absolute Gasteiger partial charge is 0.322 e. The molecule has 0 aromatic heterocycles. The molecule has 40 heavy (non-hydrogen) atoms. The summed E-state index contributed by atoms with van der Waals surface area (Å²) in [6, 6.07) is 32.0. The van der Waals surface area contributed by atoms with Gasteiger partial charge in [-0.25, -0.2) is 0 Å². The van der Waals surface area contributed by atoms with E-state index in [0.29, 0.717) is 35.5 Å². The first-order chi connectivity index (χ1) is 19.5. The number of ketones is 1. The molecule has 0 saturated heterocycles. The summed E-state index contributed by atoms with van der Waals surface area (Å²) in [6.07, 6.45) is 10.0. The van der Waals surface area contributed by atoms with Crippen molar-refractivity contribution in [3.05, 3.63) is 162 Å². The monoisotopic (exact) mass is 526 g/mol. The van der Waals surface area contributed by atoms with Crippen LogP contribution in [0.2, 0.25) is 0 Å². The molecule has 1 N–H and O–H groups in total. The second kappa shape index (κ2) is 11.8. The van der Waals surface area contributed by atoms with Crippen LogP contribution in [0.3, 0.4) is 0 Å². The molecule has 0 fully saturated rings. The molecule has 1 aliphatic carbocycles. The molecule has 4 aromatic rings. The third-order valence-corrected chi connectivity index (χ3v) is 7.37. The molecule has 2 atom stereocenters. The Morgan fingerprint density at radius 2 is 1.60 bits per heavy atom. The van der Waals surface area contributed by atoms with E-state index < -0.39 is 11.4 Å². The zero-order chi connectivity index (χ0) is 28.0. The minimum absolute atomic E-state index is 0.0824. The summed E-state index contributed by atoms with van der Waals surface area (Å²) in [5.74, 6) is -0.413. The average Bonchev–Trinajstić information content (AvgIpc) is 3.02. The Morgan fingerprint density at radius 3 is 2.30 bits per heavy atom. The molecule has 4 nitrogen and oxygen atoms in total. The van der Waals surface area contributed by atoms with Gasteiger partial charge in [-0.05, 0) is 46.4 Å². The van der Waals surface area contributed by atoms with Crippen molar-refractivity contribution in [3.8, 4) is 16.9 Å². The van der Waals surface area contributed by atoms with E-state index in [4.69, 9.17) is 4.74 Å². The lowest BCUT2D eigenvalue weighted by Crippen LogP contribution is -2.34. The lowest BCUT2D eigenvalue weighted by molar-refractivity contribution is -0.140. The molecule has 4 aromatic carbocycles. The van der Waals surface area contributed by atoms with Gasteiger partial charge < -0.3 is 9.84 Å². The van der Waals surface area contributed by atoms with Crippen molar-refractivity contribution in [1.82, 2.24) is 0 Å². The molecule has 5 rings (SSSR count). The number of carboxylic acids is 1. The number of allylic oxidation sites excluding steroid dienone is 4. The van der Waals surface area contributed by atoms with E-state index in [1.54, 1.807) is 6.07 Å². The molecule has 0 heterocycles. The van der Waals surface area contributed by atoms with Crippen molar-refractivity contribution in [3.63, 3.8) is 0 Å². The maximum atomic E-state index is 12.9. The van der Waals surface area contributed by atoms with Crippen LogP contribution in [0, 0.1) is 5.92 Å².